The first-order valence-electron chi connectivity index (χ1n) is 5.55. The summed E-state index contributed by atoms with van der Waals surface area (Å²) in [5, 5.41) is 0. The molecule has 0 heterocycles. The highest BCUT2D eigenvalue weighted by Gasteiger charge is 2.05. The summed E-state index contributed by atoms with van der Waals surface area (Å²) < 4.78 is 19.4. The molecule has 4 heteroatoms. The highest BCUT2D eigenvalue weighted by Crippen LogP contribution is 2.22. The van der Waals surface area contributed by atoms with Gasteiger partial charge in [-0.3, -0.25) is 0 Å². The van der Waals surface area contributed by atoms with Gasteiger partial charge in [0.15, 0.2) is 0 Å². The van der Waals surface area contributed by atoms with E-state index in [0.717, 1.165) is 16.9 Å². The molecule has 0 unspecified atom stereocenters. The monoisotopic (exact) mass is 309 g/mol. The van der Waals surface area contributed by atoms with Gasteiger partial charge in [0.25, 0.3) is 0 Å². The van der Waals surface area contributed by atoms with Crippen LogP contribution >= 0.6 is 15.9 Å². The van der Waals surface area contributed by atoms with E-state index in [-0.39, 0.29) is 5.82 Å². The summed E-state index contributed by atoms with van der Waals surface area (Å²) in [4.78, 5) is 0. The van der Waals surface area contributed by atoms with Crippen molar-refractivity contribution in [1.29, 1.82) is 0 Å². The zero-order chi connectivity index (χ0) is 13.0. The van der Waals surface area contributed by atoms with Gasteiger partial charge in [0.1, 0.15) is 18.2 Å². The third-order valence-corrected chi connectivity index (χ3v) is 3.45. The Morgan fingerprint density at radius 2 is 1.94 bits per heavy atom. The van der Waals surface area contributed by atoms with Gasteiger partial charge in [-0.2, -0.15) is 0 Å². The van der Waals surface area contributed by atoms with Crippen molar-refractivity contribution < 1.29 is 9.13 Å². The van der Waals surface area contributed by atoms with Crippen LogP contribution in [0.1, 0.15) is 11.1 Å². The third-order valence-electron chi connectivity index (χ3n) is 2.56. The Morgan fingerprint density at radius 3 is 2.72 bits per heavy atom. The average Bonchev–Trinajstić information content (AvgIpc) is 2.41. The lowest BCUT2D eigenvalue weighted by molar-refractivity contribution is 0.304. The maximum atomic E-state index is 13.3. The molecule has 2 nitrogen and oxygen atoms in total. The zero-order valence-corrected chi connectivity index (χ0v) is 11.3. The van der Waals surface area contributed by atoms with Crippen molar-refractivity contribution in [3.63, 3.8) is 0 Å². The van der Waals surface area contributed by atoms with E-state index in [4.69, 9.17) is 10.5 Å². The molecule has 18 heavy (non-hydrogen) atoms. The van der Waals surface area contributed by atoms with Crippen molar-refractivity contribution in [2.24, 2.45) is 5.73 Å². The molecule has 2 aromatic carbocycles. The molecule has 0 saturated carbocycles. The number of benzene rings is 2. The number of hydrogen-bond donors (Lipinski definition) is 1. The maximum absolute atomic E-state index is 13.3. The van der Waals surface area contributed by atoms with Crippen LogP contribution in [0, 0.1) is 5.82 Å². The van der Waals surface area contributed by atoms with Crippen LogP contribution in [0.5, 0.6) is 5.75 Å². The van der Waals surface area contributed by atoms with E-state index in [2.05, 4.69) is 15.9 Å². The molecule has 2 N–H and O–H groups in total. The van der Waals surface area contributed by atoms with E-state index in [1.54, 1.807) is 6.07 Å². The molecular formula is C14H13BrFNO. The number of ether oxygens (including phenoxy) is 1. The molecule has 0 bridgehead atoms. The molecule has 0 amide bonds. The quantitative estimate of drug-likeness (QED) is 0.936. The van der Waals surface area contributed by atoms with E-state index in [1.165, 1.54) is 6.07 Å². The second kappa shape index (κ2) is 5.98. The Kier molecular flexibility index (Phi) is 4.33. The summed E-state index contributed by atoms with van der Waals surface area (Å²) in [6.45, 7) is 0.785. The van der Waals surface area contributed by atoms with Crippen molar-refractivity contribution in [2.45, 2.75) is 13.2 Å². The molecule has 0 radical (unpaired) electrons. The van der Waals surface area contributed by atoms with Crippen LogP contribution in [0.25, 0.3) is 0 Å². The van der Waals surface area contributed by atoms with Gasteiger partial charge in [0.05, 0.1) is 4.47 Å². The minimum atomic E-state index is -0.285. The molecule has 2 aromatic rings. The molecule has 94 valence electrons. The van der Waals surface area contributed by atoms with Crippen LogP contribution in [0.15, 0.2) is 46.9 Å². The summed E-state index contributed by atoms with van der Waals surface area (Å²) >= 11 is 3.21. The largest absolute Gasteiger partial charge is 0.489 e. The van der Waals surface area contributed by atoms with Crippen molar-refractivity contribution in [1.82, 2.24) is 0 Å². The minimum Gasteiger partial charge on any atom is -0.489 e. The summed E-state index contributed by atoms with van der Waals surface area (Å²) in [5.41, 5.74) is 7.33. The molecule has 0 aliphatic carbocycles. The Bertz CT molecular complexity index is 545. The molecule has 2 rings (SSSR count). The van der Waals surface area contributed by atoms with Gasteiger partial charge < -0.3 is 10.5 Å². The molecule has 0 aromatic heterocycles. The van der Waals surface area contributed by atoms with E-state index in [0.29, 0.717) is 17.6 Å². The second-order valence-corrected chi connectivity index (χ2v) is 4.65. The van der Waals surface area contributed by atoms with Gasteiger partial charge in [-0.15, -0.1) is 0 Å². The van der Waals surface area contributed by atoms with Gasteiger partial charge in [-0.25, -0.2) is 4.39 Å². The highest BCUT2D eigenvalue weighted by atomic mass is 79.9. The van der Waals surface area contributed by atoms with E-state index in [9.17, 15) is 4.39 Å². The van der Waals surface area contributed by atoms with Crippen molar-refractivity contribution in [3.05, 3.63) is 63.9 Å². The molecular weight excluding hydrogens is 297 g/mol. The highest BCUT2D eigenvalue weighted by molar-refractivity contribution is 9.10. The Balaban J connectivity index is 2.09. The Hall–Kier alpha value is -1.39. The van der Waals surface area contributed by atoms with Crippen molar-refractivity contribution >= 4 is 15.9 Å². The molecule has 0 spiro atoms. The Labute approximate surface area is 114 Å². The van der Waals surface area contributed by atoms with Gasteiger partial charge in [-0.1, -0.05) is 24.3 Å². The predicted molar refractivity (Wildman–Crippen MR) is 72.8 cm³/mol. The number of halogens is 2. The van der Waals surface area contributed by atoms with Crippen LogP contribution in [-0.2, 0) is 13.2 Å². The predicted octanol–water partition coefficient (Wildman–Crippen LogP) is 3.63. The lowest BCUT2D eigenvalue weighted by Crippen LogP contribution is -2.00. The lowest BCUT2D eigenvalue weighted by atomic mass is 10.2. The van der Waals surface area contributed by atoms with Gasteiger partial charge >= 0.3 is 0 Å². The SMILES string of the molecule is NCc1cccc(OCc2cccc(F)c2Br)c1. The van der Waals surface area contributed by atoms with Crippen molar-refractivity contribution in [2.75, 3.05) is 0 Å². The number of hydrogen-bond acceptors (Lipinski definition) is 2. The van der Waals surface area contributed by atoms with Crippen molar-refractivity contribution in [3.8, 4) is 5.75 Å². The molecule has 0 aliphatic rings. The average molecular weight is 310 g/mol. The summed E-state index contributed by atoms with van der Waals surface area (Å²) in [6, 6.07) is 12.4. The fraction of sp³-hybridized carbons (Fsp3) is 0.143. The van der Waals surface area contributed by atoms with E-state index >= 15 is 0 Å². The standard InChI is InChI=1S/C14H13BrFNO/c15-14-11(4-2-6-13(14)16)9-18-12-5-1-3-10(7-12)8-17/h1-7H,8-9,17H2. The van der Waals surface area contributed by atoms with E-state index in [1.807, 2.05) is 30.3 Å². The van der Waals surface area contributed by atoms with Gasteiger partial charge in [-0.05, 0) is 39.7 Å². The summed E-state index contributed by atoms with van der Waals surface area (Å²) in [6.07, 6.45) is 0. The molecule has 0 saturated heterocycles. The first-order chi connectivity index (χ1) is 8.70. The Morgan fingerprint density at radius 1 is 1.17 bits per heavy atom. The second-order valence-electron chi connectivity index (χ2n) is 3.85. The van der Waals surface area contributed by atoms with Crippen LogP contribution in [-0.4, -0.2) is 0 Å². The van der Waals surface area contributed by atoms with Crippen LogP contribution in [0.4, 0.5) is 4.39 Å². The normalized spacial score (nSPS) is 10.4. The maximum Gasteiger partial charge on any atom is 0.137 e. The molecule has 0 atom stereocenters. The first kappa shape index (κ1) is 13.1. The van der Waals surface area contributed by atoms with Gasteiger partial charge in [0.2, 0.25) is 0 Å². The topological polar surface area (TPSA) is 35.2 Å². The third kappa shape index (κ3) is 3.09. The fourth-order valence-electron chi connectivity index (χ4n) is 1.58. The molecule has 0 aliphatic heterocycles. The summed E-state index contributed by atoms with van der Waals surface area (Å²) in [5.74, 6) is 0.445. The van der Waals surface area contributed by atoms with Gasteiger partial charge in [0, 0.05) is 12.1 Å². The minimum absolute atomic E-state index is 0.285. The zero-order valence-electron chi connectivity index (χ0n) is 9.70. The lowest BCUT2D eigenvalue weighted by Gasteiger charge is -2.09. The van der Waals surface area contributed by atoms with Crippen LogP contribution < -0.4 is 10.5 Å². The van der Waals surface area contributed by atoms with E-state index < -0.39 is 0 Å². The number of nitrogens with two attached hydrogens (primary N) is 1. The first-order valence-corrected chi connectivity index (χ1v) is 6.34. The summed E-state index contributed by atoms with van der Waals surface area (Å²) in [7, 11) is 0. The molecule has 0 fully saturated rings. The van der Waals surface area contributed by atoms with Crippen LogP contribution in [0.2, 0.25) is 0 Å². The van der Waals surface area contributed by atoms with Crippen LogP contribution in [0.3, 0.4) is 0 Å². The fourth-order valence-corrected chi connectivity index (χ4v) is 1.96. The smallest absolute Gasteiger partial charge is 0.137 e. The number of rotatable bonds is 4.